The third-order valence-electron chi connectivity index (χ3n) is 3.23. The predicted octanol–water partition coefficient (Wildman–Crippen LogP) is 2.42. The van der Waals surface area contributed by atoms with Crippen LogP contribution in [0.2, 0.25) is 0 Å². The number of benzene rings is 1. The summed E-state index contributed by atoms with van der Waals surface area (Å²) in [6.07, 6.45) is 2.55. The fourth-order valence-electron chi connectivity index (χ4n) is 2.11. The van der Waals surface area contributed by atoms with E-state index in [2.05, 4.69) is 41.6 Å². The number of hydrogen-bond acceptors (Lipinski definition) is 2. The molecular weight excluding hydrogens is 250 g/mol. The largest absolute Gasteiger partial charge is 0.361 e. The van der Waals surface area contributed by atoms with E-state index in [0.717, 1.165) is 18.6 Å². The SMILES string of the molecule is CC(C)CNC(=O)CCNCc1c[nH]c2ccccc12. The van der Waals surface area contributed by atoms with E-state index < -0.39 is 0 Å². The number of nitrogens with one attached hydrogen (secondary N) is 3. The van der Waals surface area contributed by atoms with Gasteiger partial charge in [0.15, 0.2) is 0 Å². The number of carbonyl (C=O) groups is 1. The minimum absolute atomic E-state index is 0.116. The number of rotatable bonds is 7. The highest BCUT2D eigenvalue weighted by Crippen LogP contribution is 2.17. The number of hydrogen-bond donors (Lipinski definition) is 3. The fourth-order valence-corrected chi connectivity index (χ4v) is 2.11. The van der Waals surface area contributed by atoms with Crippen LogP contribution in [0.3, 0.4) is 0 Å². The first-order chi connectivity index (χ1) is 9.66. The van der Waals surface area contributed by atoms with E-state index in [4.69, 9.17) is 0 Å². The Balaban J connectivity index is 1.72. The van der Waals surface area contributed by atoms with Crippen molar-refractivity contribution in [1.29, 1.82) is 0 Å². The maximum Gasteiger partial charge on any atom is 0.221 e. The molecule has 20 heavy (non-hydrogen) atoms. The number of aromatic nitrogens is 1. The molecule has 0 bridgehead atoms. The van der Waals surface area contributed by atoms with E-state index in [1.165, 1.54) is 10.9 Å². The Kier molecular flexibility index (Phi) is 5.18. The Morgan fingerprint density at radius 2 is 2.10 bits per heavy atom. The molecule has 0 saturated carbocycles. The summed E-state index contributed by atoms with van der Waals surface area (Å²) >= 11 is 0. The van der Waals surface area contributed by atoms with Crippen molar-refractivity contribution in [2.75, 3.05) is 13.1 Å². The number of aromatic amines is 1. The number of amides is 1. The van der Waals surface area contributed by atoms with Gasteiger partial charge in [-0.3, -0.25) is 4.79 Å². The average molecular weight is 273 g/mol. The van der Waals surface area contributed by atoms with Crippen LogP contribution >= 0.6 is 0 Å². The van der Waals surface area contributed by atoms with Crippen LogP contribution < -0.4 is 10.6 Å². The van der Waals surface area contributed by atoms with Gasteiger partial charge in [0.25, 0.3) is 0 Å². The van der Waals surface area contributed by atoms with Crippen molar-refractivity contribution in [3.8, 4) is 0 Å². The second kappa shape index (κ2) is 7.10. The van der Waals surface area contributed by atoms with Gasteiger partial charge in [-0.2, -0.15) is 0 Å². The molecule has 0 spiro atoms. The molecule has 0 aliphatic heterocycles. The molecule has 108 valence electrons. The maximum absolute atomic E-state index is 11.6. The quantitative estimate of drug-likeness (QED) is 0.679. The second-order valence-electron chi connectivity index (χ2n) is 5.48. The molecule has 2 aromatic rings. The molecule has 3 N–H and O–H groups in total. The van der Waals surface area contributed by atoms with Crippen molar-refractivity contribution in [2.45, 2.75) is 26.8 Å². The maximum atomic E-state index is 11.6. The van der Waals surface area contributed by atoms with E-state index in [1.807, 2.05) is 18.3 Å². The van der Waals surface area contributed by atoms with Crippen molar-refractivity contribution in [3.63, 3.8) is 0 Å². The molecule has 4 nitrogen and oxygen atoms in total. The van der Waals surface area contributed by atoms with Crippen LogP contribution in [0.4, 0.5) is 0 Å². The molecule has 0 saturated heterocycles. The van der Waals surface area contributed by atoms with Crippen LogP contribution in [-0.2, 0) is 11.3 Å². The third kappa shape index (κ3) is 4.10. The fraction of sp³-hybridized carbons (Fsp3) is 0.438. The Hall–Kier alpha value is -1.81. The van der Waals surface area contributed by atoms with Crippen LogP contribution in [0.1, 0.15) is 25.8 Å². The van der Waals surface area contributed by atoms with Crippen LogP contribution in [0.25, 0.3) is 10.9 Å². The summed E-state index contributed by atoms with van der Waals surface area (Å²) < 4.78 is 0. The third-order valence-corrected chi connectivity index (χ3v) is 3.23. The van der Waals surface area contributed by atoms with Crippen LogP contribution in [0.5, 0.6) is 0 Å². The number of para-hydroxylation sites is 1. The van der Waals surface area contributed by atoms with Gasteiger partial charge in [-0.05, 0) is 17.5 Å². The summed E-state index contributed by atoms with van der Waals surface area (Å²) in [5, 5.41) is 7.48. The second-order valence-corrected chi connectivity index (χ2v) is 5.48. The van der Waals surface area contributed by atoms with Gasteiger partial charge in [-0.25, -0.2) is 0 Å². The Morgan fingerprint density at radius 1 is 1.30 bits per heavy atom. The van der Waals surface area contributed by atoms with E-state index >= 15 is 0 Å². The highest BCUT2D eigenvalue weighted by molar-refractivity contribution is 5.83. The minimum atomic E-state index is 0.116. The van der Waals surface area contributed by atoms with E-state index in [9.17, 15) is 4.79 Å². The number of H-pyrrole nitrogens is 1. The number of fused-ring (bicyclic) bond motifs is 1. The van der Waals surface area contributed by atoms with Gasteiger partial charge < -0.3 is 15.6 Å². The molecular formula is C16H23N3O. The first-order valence-corrected chi connectivity index (χ1v) is 7.19. The van der Waals surface area contributed by atoms with Gasteiger partial charge in [0.05, 0.1) is 0 Å². The summed E-state index contributed by atoms with van der Waals surface area (Å²) in [5.41, 5.74) is 2.39. The zero-order valence-electron chi connectivity index (χ0n) is 12.2. The van der Waals surface area contributed by atoms with Gasteiger partial charge in [0.1, 0.15) is 0 Å². The summed E-state index contributed by atoms with van der Waals surface area (Å²) in [5.74, 6) is 0.614. The lowest BCUT2D eigenvalue weighted by atomic mass is 10.2. The molecule has 0 fully saturated rings. The zero-order chi connectivity index (χ0) is 14.4. The minimum Gasteiger partial charge on any atom is -0.361 e. The first kappa shape index (κ1) is 14.6. The van der Waals surface area contributed by atoms with Crippen molar-refractivity contribution in [3.05, 3.63) is 36.0 Å². The lowest BCUT2D eigenvalue weighted by Gasteiger charge is -2.08. The summed E-state index contributed by atoms with van der Waals surface area (Å²) in [7, 11) is 0. The molecule has 0 unspecified atom stereocenters. The first-order valence-electron chi connectivity index (χ1n) is 7.19. The average Bonchev–Trinajstić information content (AvgIpc) is 2.85. The van der Waals surface area contributed by atoms with Gasteiger partial charge in [-0.15, -0.1) is 0 Å². The van der Waals surface area contributed by atoms with Crippen LogP contribution in [-0.4, -0.2) is 24.0 Å². The van der Waals surface area contributed by atoms with E-state index in [0.29, 0.717) is 18.9 Å². The predicted molar refractivity (Wildman–Crippen MR) is 82.5 cm³/mol. The van der Waals surface area contributed by atoms with Gasteiger partial charge in [0.2, 0.25) is 5.91 Å². The molecule has 0 radical (unpaired) electrons. The Morgan fingerprint density at radius 3 is 2.90 bits per heavy atom. The Labute approximate surface area is 120 Å². The summed E-state index contributed by atoms with van der Waals surface area (Å²) in [4.78, 5) is 14.8. The van der Waals surface area contributed by atoms with Crippen molar-refractivity contribution < 1.29 is 4.79 Å². The summed E-state index contributed by atoms with van der Waals surface area (Å²) in [6, 6.07) is 8.24. The molecule has 0 aliphatic carbocycles. The molecule has 1 heterocycles. The lowest BCUT2D eigenvalue weighted by Crippen LogP contribution is -2.30. The highest BCUT2D eigenvalue weighted by Gasteiger charge is 2.04. The van der Waals surface area contributed by atoms with E-state index in [1.54, 1.807) is 0 Å². The molecule has 1 aromatic carbocycles. The molecule has 2 rings (SSSR count). The highest BCUT2D eigenvalue weighted by atomic mass is 16.1. The lowest BCUT2D eigenvalue weighted by molar-refractivity contribution is -0.121. The Bertz CT molecular complexity index is 560. The van der Waals surface area contributed by atoms with Gasteiger partial charge in [0, 0.05) is 43.2 Å². The molecule has 1 amide bonds. The normalized spacial score (nSPS) is 11.2. The van der Waals surface area contributed by atoms with Crippen molar-refractivity contribution in [2.24, 2.45) is 5.92 Å². The summed E-state index contributed by atoms with van der Waals surface area (Å²) in [6.45, 7) is 6.41. The standard InChI is InChI=1S/C16H23N3O/c1-12(2)9-19-16(20)7-8-17-10-13-11-18-15-6-4-3-5-14(13)15/h3-6,11-12,17-18H,7-10H2,1-2H3,(H,19,20). The van der Waals surface area contributed by atoms with Crippen molar-refractivity contribution >= 4 is 16.8 Å². The van der Waals surface area contributed by atoms with Crippen LogP contribution in [0.15, 0.2) is 30.5 Å². The molecule has 4 heteroatoms. The topological polar surface area (TPSA) is 56.9 Å². The van der Waals surface area contributed by atoms with Gasteiger partial charge in [-0.1, -0.05) is 32.0 Å². The van der Waals surface area contributed by atoms with Gasteiger partial charge >= 0.3 is 0 Å². The zero-order valence-corrected chi connectivity index (χ0v) is 12.2. The molecule has 0 atom stereocenters. The number of carbonyl (C=O) groups excluding carboxylic acids is 1. The van der Waals surface area contributed by atoms with E-state index in [-0.39, 0.29) is 5.91 Å². The van der Waals surface area contributed by atoms with Crippen molar-refractivity contribution in [1.82, 2.24) is 15.6 Å². The van der Waals surface area contributed by atoms with Crippen LogP contribution in [0, 0.1) is 5.92 Å². The molecule has 1 aromatic heterocycles. The monoisotopic (exact) mass is 273 g/mol. The smallest absolute Gasteiger partial charge is 0.221 e. The molecule has 0 aliphatic rings.